The van der Waals surface area contributed by atoms with Crippen LogP contribution in [0.1, 0.15) is 103 Å². The van der Waals surface area contributed by atoms with Crippen molar-refractivity contribution in [3.05, 3.63) is 12.7 Å². The summed E-state index contributed by atoms with van der Waals surface area (Å²) >= 11 is 0. The minimum Gasteiger partial charge on any atom is -0.381 e. The first-order valence-electron chi connectivity index (χ1n) is 11.7. The number of hydrogen-bond acceptors (Lipinski definition) is 4. The summed E-state index contributed by atoms with van der Waals surface area (Å²) in [6.07, 6.45) is 21.8. The Labute approximate surface area is 175 Å². The third-order valence-corrected chi connectivity index (χ3v) is 6.83. The van der Waals surface area contributed by atoms with Gasteiger partial charge in [-0.2, -0.15) is 0 Å². The van der Waals surface area contributed by atoms with Gasteiger partial charge in [0.2, 0.25) is 0 Å². The van der Waals surface area contributed by atoms with E-state index in [1.165, 1.54) is 90.6 Å². The van der Waals surface area contributed by atoms with Gasteiger partial charge in [-0.15, -0.1) is 6.58 Å². The number of hydrogen-bond donors (Lipinski definition) is 0. The average molecular weight is 419 g/mol. The van der Waals surface area contributed by atoms with Crippen molar-refractivity contribution in [2.24, 2.45) is 0 Å². The number of ether oxygens (including phenoxy) is 1. The van der Waals surface area contributed by atoms with Crippen molar-refractivity contribution in [2.75, 3.05) is 33.1 Å². The van der Waals surface area contributed by atoms with E-state index >= 15 is 0 Å². The zero-order valence-electron chi connectivity index (χ0n) is 18.8. The second-order valence-electron chi connectivity index (χ2n) is 7.66. The second-order valence-corrected chi connectivity index (χ2v) is 9.87. The first-order valence-corrected chi connectivity index (χ1v) is 13.4. The van der Waals surface area contributed by atoms with E-state index in [2.05, 4.69) is 13.5 Å². The summed E-state index contributed by atoms with van der Waals surface area (Å²) in [4.78, 5) is 0. The van der Waals surface area contributed by atoms with Crippen LogP contribution in [0.15, 0.2) is 12.7 Å². The smallest absolute Gasteiger partial charge is 0.334 e. The van der Waals surface area contributed by atoms with Crippen LogP contribution in [0, 0.1) is 0 Å². The lowest BCUT2D eigenvalue weighted by Crippen LogP contribution is -2.03. The lowest BCUT2D eigenvalue weighted by molar-refractivity contribution is 0.112. The molecule has 0 saturated carbocycles. The van der Waals surface area contributed by atoms with Crippen LogP contribution in [0.4, 0.5) is 0 Å². The highest BCUT2D eigenvalue weighted by Gasteiger charge is 2.19. The fourth-order valence-electron chi connectivity index (χ4n) is 3.20. The molecule has 0 aromatic rings. The fourth-order valence-corrected chi connectivity index (χ4v) is 4.29. The van der Waals surface area contributed by atoms with Crippen LogP contribution in [-0.2, 0) is 18.3 Å². The molecule has 0 radical (unpaired) electrons. The van der Waals surface area contributed by atoms with E-state index in [9.17, 15) is 4.57 Å². The summed E-state index contributed by atoms with van der Waals surface area (Å²) in [7, 11) is -1.55. The molecule has 0 aromatic heterocycles. The van der Waals surface area contributed by atoms with Gasteiger partial charge in [0.05, 0.1) is 12.8 Å². The van der Waals surface area contributed by atoms with Crippen LogP contribution in [0.2, 0.25) is 0 Å². The second kappa shape index (κ2) is 21.6. The molecule has 0 aliphatic rings. The highest BCUT2D eigenvalue weighted by Crippen LogP contribution is 2.47. The molecule has 0 aromatic carbocycles. The molecular formula is C23H47O4P. The predicted molar refractivity (Wildman–Crippen MR) is 121 cm³/mol. The third kappa shape index (κ3) is 19.2. The maximum atomic E-state index is 12.0. The van der Waals surface area contributed by atoms with E-state index < -0.39 is 7.60 Å². The Morgan fingerprint density at radius 2 is 1.18 bits per heavy atom. The molecule has 0 rings (SSSR count). The first kappa shape index (κ1) is 27.8. The minimum absolute atomic E-state index is 0.253. The van der Waals surface area contributed by atoms with Crippen molar-refractivity contribution in [3.8, 4) is 0 Å². The highest BCUT2D eigenvalue weighted by atomic mass is 31.2. The molecule has 0 fully saturated rings. The van der Waals surface area contributed by atoms with Gasteiger partial charge in [-0.3, -0.25) is 4.57 Å². The third-order valence-electron chi connectivity index (χ3n) is 4.99. The largest absolute Gasteiger partial charge is 0.381 e. The van der Waals surface area contributed by atoms with Gasteiger partial charge < -0.3 is 13.8 Å². The van der Waals surface area contributed by atoms with Crippen LogP contribution in [-0.4, -0.2) is 33.1 Å². The Morgan fingerprint density at radius 3 is 1.64 bits per heavy atom. The van der Waals surface area contributed by atoms with Crippen molar-refractivity contribution in [1.29, 1.82) is 0 Å². The molecule has 168 valence electrons. The summed E-state index contributed by atoms with van der Waals surface area (Å²) in [6.45, 7) is 7.71. The molecule has 0 aliphatic heterocycles. The predicted octanol–water partition coefficient (Wildman–Crippen LogP) is 7.92. The van der Waals surface area contributed by atoms with Gasteiger partial charge in [-0.05, 0) is 12.8 Å². The van der Waals surface area contributed by atoms with E-state index in [-0.39, 0.29) is 6.16 Å². The topological polar surface area (TPSA) is 44.8 Å². The Morgan fingerprint density at radius 1 is 0.714 bits per heavy atom. The van der Waals surface area contributed by atoms with E-state index in [4.69, 9.17) is 13.8 Å². The lowest BCUT2D eigenvalue weighted by Gasteiger charge is -2.14. The fraction of sp³-hybridized carbons (Fsp3) is 0.913. The van der Waals surface area contributed by atoms with Gasteiger partial charge in [0, 0.05) is 20.3 Å². The van der Waals surface area contributed by atoms with E-state index in [0.717, 1.165) is 19.4 Å². The average Bonchev–Trinajstić information content (AvgIpc) is 2.70. The highest BCUT2D eigenvalue weighted by molar-refractivity contribution is 7.54. The zero-order valence-corrected chi connectivity index (χ0v) is 19.7. The van der Waals surface area contributed by atoms with Crippen LogP contribution in [0.5, 0.6) is 0 Å². The lowest BCUT2D eigenvalue weighted by atomic mass is 10.0. The van der Waals surface area contributed by atoms with Crippen molar-refractivity contribution < 1.29 is 18.3 Å². The molecule has 0 saturated heterocycles. The van der Waals surface area contributed by atoms with E-state index in [1.54, 1.807) is 6.08 Å². The molecule has 5 heteroatoms. The van der Waals surface area contributed by atoms with Crippen molar-refractivity contribution in [3.63, 3.8) is 0 Å². The van der Waals surface area contributed by atoms with Crippen LogP contribution < -0.4 is 0 Å². The Kier molecular flexibility index (Phi) is 21.4. The molecule has 0 aliphatic carbocycles. The maximum absolute atomic E-state index is 12.0. The summed E-state index contributed by atoms with van der Waals surface area (Å²) < 4.78 is 27.9. The molecule has 0 N–H and O–H groups in total. The molecule has 0 spiro atoms. The molecule has 1 atom stereocenters. The zero-order chi connectivity index (χ0) is 20.8. The monoisotopic (exact) mass is 418 g/mol. The SMILES string of the molecule is C=CC[P@@](=O)(OC)OCCCOCCCCCCCCCCCCCCCC. The Bertz CT molecular complexity index is 374. The van der Waals surface area contributed by atoms with E-state index in [0.29, 0.717) is 13.2 Å². The minimum atomic E-state index is -2.97. The molecule has 0 amide bonds. The van der Waals surface area contributed by atoms with Crippen molar-refractivity contribution >= 4 is 7.60 Å². The quantitative estimate of drug-likeness (QED) is 0.0960. The van der Waals surface area contributed by atoms with Crippen molar-refractivity contribution in [2.45, 2.75) is 103 Å². The Balaban J connectivity index is 3.18. The first-order chi connectivity index (χ1) is 13.7. The summed E-state index contributed by atoms with van der Waals surface area (Å²) in [6, 6.07) is 0. The molecule has 0 unspecified atom stereocenters. The van der Waals surface area contributed by atoms with Gasteiger partial charge in [0.1, 0.15) is 0 Å². The molecule has 0 bridgehead atoms. The van der Waals surface area contributed by atoms with Gasteiger partial charge in [-0.1, -0.05) is 96.5 Å². The summed E-state index contributed by atoms with van der Waals surface area (Å²) in [5.74, 6) is 0. The number of unbranched alkanes of at least 4 members (excludes halogenated alkanes) is 13. The number of allylic oxidation sites excluding steroid dienone is 1. The van der Waals surface area contributed by atoms with Gasteiger partial charge in [0.25, 0.3) is 0 Å². The summed E-state index contributed by atoms with van der Waals surface area (Å²) in [5, 5.41) is 0. The normalized spacial score (nSPS) is 13.5. The standard InChI is InChI=1S/C23H47O4P/c1-4-6-7-8-9-10-11-12-13-14-15-16-17-18-20-26-21-19-22-27-28(24,25-3)23-5-2/h5H,2,4,6-23H2,1,3H3/t28-/m1/s1. The molecule has 4 nitrogen and oxygen atoms in total. The maximum Gasteiger partial charge on any atom is 0.334 e. The molecule has 0 heterocycles. The van der Waals surface area contributed by atoms with Gasteiger partial charge >= 0.3 is 7.60 Å². The van der Waals surface area contributed by atoms with Crippen LogP contribution in [0.25, 0.3) is 0 Å². The molecular weight excluding hydrogens is 371 g/mol. The van der Waals surface area contributed by atoms with Gasteiger partial charge in [0.15, 0.2) is 0 Å². The van der Waals surface area contributed by atoms with Crippen LogP contribution in [0.3, 0.4) is 0 Å². The Hall–Kier alpha value is -0.150. The summed E-state index contributed by atoms with van der Waals surface area (Å²) in [5.41, 5.74) is 0. The van der Waals surface area contributed by atoms with Gasteiger partial charge in [-0.25, -0.2) is 0 Å². The van der Waals surface area contributed by atoms with Crippen LogP contribution >= 0.6 is 7.60 Å². The van der Waals surface area contributed by atoms with Crippen molar-refractivity contribution in [1.82, 2.24) is 0 Å². The number of rotatable bonds is 23. The van der Waals surface area contributed by atoms with E-state index in [1.807, 2.05) is 0 Å². The molecule has 28 heavy (non-hydrogen) atoms.